The lowest BCUT2D eigenvalue weighted by Gasteiger charge is -2.12. The lowest BCUT2D eigenvalue weighted by molar-refractivity contribution is -0.136. The molecule has 0 aliphatic heterocycles. The van der Waals surface area contributed by atoms with Crippen LogP contribution in [0.4, 0.5) is 0 Å². The van der Waals surface area contributed by atoms with Crippen LogP contribution in [0, 0.1) is 4.64 Å². The van der Waals surface area contributed by atoms with Crippen LogP contribution in [0.3, 0.4) is 0 Å². The fourth-order valence-electron chi connectivity index (χ4n) is 1.85. The average Bonchev–Trinajstić information content (AvgIpc) is 2.67. The lowest BCUT2D eigenvalue weighted by atomic mass is 10.1. The van der Waals surface area contributed by atoms with Crippen LogP contribution in [-0.4, -0.2) is 30.8 Å². The molecule has 2 aromatic rings. The number of H-pyrrole nitrogens is 1. The molecule has 0 spiro atoms. The summed E-state index contributed by atoms with van der Waals surface area (Å²) in [6.45, 7) is 0. The second kappa shape index (κ2) is 5.15. The van der Waals surface area contributed by atoms with Gasteiger partial charge >= 0.3 is 5.97 Å². The second-order valence-corrected chi connectivity index (χ2v) is 4.36. The van der Waals surface area contributed by atoms with E-state index < -0.39 is 5.97 Å². The summed E-state index contributed by atoms with van der Waals surface area (Å²) in [5.74, 6) is -1.23. The maximum Gasteiger partial charge on any atom is 0.303 e. The zero-order valence-electron chi connectivity index (χ0n) is 9.83. The van der Waals surface area contributed by atoms with E-state index >= 15 is 0 Å². The van der Waals surface area contributed by atoms with Gasteiger partial charge in [0.25, 0.3) is 0 Å². The van der Waals surface area contributed by atoms with Gasteiger partial charge in [-0.3, -0.25) is 9.36 Å². The molecule has 0 unspecified atom stereocenters. The van der Waals surface area contributed by atoms with Crippen molar-refractivity contribution in [2.45, 2.75) is 12.8 Å². The van der Waals surface area contributed by atoms with Crippen LogP contribution in [0.5, 0.6) is 11.8 Å². The van der Waals surface area contributed by atoms with Gasteiger partial charge in [0.15, 0.2) is 11.8 Å². The number of hydrogen-bond donors (Lipinski definition) is 4. The van der Waals surface area contributed by atoms with Crippen molar-refractivity contribution in [1.82, 2.24) is 9.55 Å². The number of rotatable bonds is 4. The van der Waals surface area contributed by atoms with Gasteiger partial charge in [-0.2, -0.15) is 0 Å². The Hall–Kier alpha value is -2.28. The third-order valence-electron chi connectivity index (χ3n) is 2.71. The summed E-state index contributed by atoms with van der Waals surface area (Å²) < 4.78 is 1.59. The summed E-state index contributed by atoms with van der Waals surface area (Å²) in [5.41, 5.74) is 1.02. The molecular weight excluding hydrogens is 268 g/mol. The highest BCUT2D eigenvalue weighted by Gasteiger charge is 2.14. The molecule has 2 aromatic heterocycles. The van der Waals surface area contributed by atoms with E-state index in [1.54, 1.807) is 12.3 Å². The number of carbonyl (C=O) groups is 1. The van der Waals surface area contributed by atoms with Gasteiger partial charge in [-0.15, -0.1) is 0 Å². The number of aromatic amines is 1. The predicted molar refractivity (Wildman–Crippen MR) is 70.2 cm³/mol. The smallest absolute Gasteiger partial charge is 0.303 e. The molecule has 6 nitrogen and oxygen atoms in total. The standard InChI is InChI=1S/C12H12N2O4S/c15-9-2-3-10(16)14(9)8-5-6-13-12(19)7(8)1-4-11(17)18/h2-3,5-6,15-16H,1,4H2,(H,13,19)(H,17,18). The van der Waals surface area contributed by atoms with Crippen LogP contribution in [-0.2, 0) is 11.2 Å². The fourth-order valence-corrected chi connectivity index (χ4v) is 2.12. The maximum absolute atomic E-state index is 10.7. The van der Waals surface area contributed by atoms with Crippen molar-refractivity contribution < 1.29 is 20.1 Å². The number of nitrogens with one attached hydrogen (secondary N) is 1. The number of carboxylic acid groups (broad SMARTS) is 1. The van der Waals surface area contributed by atoms with E-state index in [0.717, 1.165) is 0 Å². The summed E-state index contributed by atoms with van der Waals surface area (Å²) in [7, 11) is 0. The molecule has 4 N–H and O–H groups in total. The molecule has 0 saturated heterocycles. The molecular formula is C12H12N2O4S. The third-order valence-corrected chi connectivity index (χ3v) is 3.07. The maximum atomic E-state index is 10.7. The molecule has 0 aromatic carbocycles. The zero-order chi connectivity index (χ0) is 14.0. The van der Waals surface area contributed by atoms with Gasteiger partial charge in [-0.25, -0.2) is 0 Å². The molecule has 2 rings (SSSR count). The van der Waals surface area contributed by atoms with Crippen molar-refractivity contribution in [2.24, 2.45) is 0 Å². The Kier molecular flexibility index (Phi) is 3.57. The quantitative estimate of drug-likeness (QED) is 0.642. The number of hydrogen-bond acceptors (Lipinski definition) is 4. The van der Waals surface area contributed by atoms with E-state index in [2.05, 4.69) is 4.98 Å². The van der Waals surface area contributed by atoms with Crippen molar-refractivity contribution in [2.75, 3.05) is 0 Å². The van der Waals surface area contributed by atoms with E-state index in [0.29, 0.717) is 15.9 Å². The lowest BCUT2D eigenvalue weighted by Crippen LogP contribution is -2.04. The highest BCUT2D eigenvalue weighted by molar-refractivity contribution is 7.71. The van der Waals surface area contributed by atoms with Gasteiger partial charge in [0.2, 0.25) is 0 Å². The topological polar surface area (TPSA) is 98.5 Å². The van der Waals surface area contributed by atoms with Gasteiger partial charge in [-0.05, 0) is 12.5 Å². The number of aliphatic carboxylic acids is 1. The van der Waals surface area contributed by atoms with Crippen molar-refractivity contribution in [1.29, 1.82) is 0 Å². The first kappa shape index (κ1) is 13.2. The van der Waals surface area contributed by atoms with E-state index in [1.807, 2.05) is 0 Å². The van der Waals surface area contributed by atoms with E-state index in [9.17, 15) is 15.0 Å². The number of carboxylic acids is 1. The Morgan fingerprint density at radius 1 is 1.26 bits per heavy atom. The number of aromatic hydroxyl groups is 2. The summed E-state index contributed by atoms with van der Waals surface area (Å²) in [5, 5.41) is 28.2. The number of aromatic nitrogens is 2. The first-order chi connectivity index (χ1) is 9.00. The molecule has 0 atom stereocenters. The molecule has 0 aliphatic carbocycles. The predicted octanol–water partition coefficient (Wildman–Crippen LogP) is 1.96. The van der Waals surface area contributed by atoms with Gasteiger partial charge in [0.05, 0.1) is 5.69 Å². The van der Waals surface area contributed by atoms with Gasteiger partial charge in [0, 0.05) is 30.3 Å². The van der Waals surface area contributed by atoms with E-state index in [4.69, 9.17) is 17.3 Å². The van der Waals surface area contributed by atoms with Crippen LogP contribution in [0.15, 0.2) is 24.4 Å². The van der Waals surface area contributed by atoms with Crippen LogP contribution >= 0.6 is 12.2 Å². The first-order valence-corrected chi connectivity index (χ1v) is 5.94. The Balaban J connectivity index is 2.55. The highest BCUT2D eigenvalue weighted by Crippen LogP contribution is 2.29. The van der Waals surface area contributed by atoms with Crippen LogP contribution in [0.25, 0.3) is 5.69 Å². The summed E-state index contributed by atoms with van der Waals surface area (Å²) in [4.78, 5) is 13.5. The molecule has 19 heavy (non-hydrogen) atoms. The molecule has 0 fully saturated rings. The van der Waals surface area contributed by atoms with Crippen LogP contribution < -0.4 is 0 Å². The van der Waals surface area contributed by atoms with Crippen LogP contribution in [0.1, 0.15) is 12.0 Å². The highest BCUT2D eigenvalue weighted by atomic mass is 32.1. The van der Waals surface area contributed by atoms with Crippen molar-refractivity contribution >= 4 is 18.2 Å². The molecule has 0 amide bonds. The average molecular weight is 280 g/mol. The molecule has 2 heterocycles. The SMILES string of the molecule is O=C(O)CCc1c(-n2c(O)ccc2O)cc[nH]c1=S. The minimum Gasteiger partial charge on any atom is -0.494 e. The number of pyridine rings is 1. The van der Waals surface area contributed by atoms with Gasteiger partial charge in [0.1, 0.15) is 4.64 Å². The Morgan fingerprint density at radius 2 is 1.89 bits per heavy atom. The zero-order valence-corrected chi connectivity index (χ0v) is 10.6. The fraction of sp³-hybridized carbons (Fsp3) is 0.167. The van der Waals surface area contributed by atoms with Crippen molar-refractivity contribution in [3.63, 3.8) is 0 Å². The van der Waals surface area contributed by atoms with Crippen molar-refractivity contribution in [3.8, 4) is 17.4 Å². The second-order valence-electron chi connectivity index (χ2n) is 3.95. The summed E-state index contributed by atoms with van der Waals surface area (Å²) in [6.07, 6.45) is 1.69. The minimum atomic E-state index is -0.940. The van der Waals surface area contributed by atoms with Crippen molar-refractivity contribution in [3.05, 3.63) is 34.6 Å². The molecule has 0 aliphatic rings. The summed E-state index contributed by atoms with van der Waals surface area (Å²) >= 11 is 5.13. The summed E-state index contributed by atoms with van der Waals surface area (Å²) in [6, 6.07) is 4.30. The third kappa shape index (κ3) is 2.60. The van der Waals surface area contributed by atoms with Crippen LogP contribution in [0.2, 0.25) is 0 Å². The monoisotopic (exact) mass is 280 g/mol. The van der Waals surface area contributed by atoms with Gasteiger partial charge in [-0.1, -0.05) is 12.2 Å². The van der Waals surface area contributed by atoms with Gasteiger partial charge < -0.3 is 20.3 Å². The first-order valence-electron chi connectivity index (χ1n) is 5.53. The normalized spacial score (nSPS) is 10.5. The van der Waals surface area contributed by atoms with E-state index in [1.165, 1.54) is 16.7 Å². The molecule has 0 saturated carbocycles. The minimum absolute atomic E-state index is 0.0860. The molecule has 0 radical (unpaired) electrons. The Labute approximate surface area is 113 Å². The van der Waals surface area contributed by atoms with E-state index in [-0.39, 0.29) is 24.6 Å². The molecule has 7 heteroatoms. The molecule has 100 valence electrons. The largest absolute Gasteiger partial charge is 0.494 e. The number of nitrogens with zero attached hydrogens (tertiary/aromatic N) is 1. The Morgan fingerprint density at radius 3 is 2.47 bits per heavy atom. The molecule has 0 bridgehead atoms. The Bertz CT molecular complexity index is 655.